The number of anilines is 1. The molecule has 0 aromatic heterocycles. The summed E-state index contributed by atoms with van der Waals surface area (Å²) >= 11 is 0. The van der Waals surface area contributed by atoms with Crippen molar-refractivity contribution in [1.82, 2.24) is 5.43 Å². The summed E-state index contributed by atoms with van der Waals surface area (Å²) in [6.07, 6.45) is 1.40. The van der Waals surface area contributed by atoms with Crippen LogP contribution in [0.3, 0.4) is 0 Å². The molecule has 1 heterocycles. The van der Waals surface area contributed by atoms with Crippen LogP contribution in [0, 0.1) is 0 Å². The van der Waals surface area contributed by atoms with E-state index in [9.17, 15) is 9.59 Å². The van der Waals surface area contributed by atoms with Crippen molar-refractivity contribution in [1.29, 1.82) is 0 Å². The van der Waals surface area contributed by atoms with E-state index in [-0.39, 0.29) is 6.79 Å². The van der Waals surface area contributed by atoms with Crippen molar-refractivity contribution in [3.05, 3.63) is 48.0 Å². The lowest BCUT2D eigenvalue weighted by Crippen LogP contribution is -2.32. The Morgan fingerprint density at radius 2 is 1.84 bits per heavy atom. The van der Waals surface area contributed by atoms with Gasteiger partial charge in [-0.25, -0.2) is 5.43 Å². The van der Waals surface area contributed by atoms with Crippen LogP contribution >= 0.6 is 0 Å². The molecule has 0 radical (unpaired) electrons. The van der Waals surface area contributed by atoms with Gasteiger partial charge in [-0.2, -0.15) is 5.10 Å². The summed E-state index contributed by atoms with van der Waals surface area (Å²) in [7, 11) is 1.54. The van der Waals surface area contributed by atoms with Gasteiger partial charge in [0.05, 0.1) is 13.3 Å². The highest BCUT2D eigenvalue weighted by Crippen LogP contribution is 2.31. The summed E-state index contributed by atoms with van der Waals surface area (Å²) in [5.41, 5.74) is 3.33. The van der Waals surface area contributed by atoms with E-state index in [1.165, 1.54) is 6.21 Å². The van der Waals surface area contributed by atoms with Crippen molar-refractivity contribution in [2.45, 2.75) is 0 Å². The van der Waals surface area contributed by atoms with Crippen LogP contribution in [-0.4, -0.2) is 31.9 Å². The number of hydrogen-bond acceptors (Lipinski definition) is 6. The average Bonchev–Trinajstić information content (AvgIpc) is 3.10. The second-order valence-corrected chi connectivity index (χ2v) is 4.99. The first kappa shape index (κ1) is 16.3. The van der Waals surface area contributed by atoms with E-state index in [1.54, 1.807) is 49.6 Å². The van der Waals surface area contributed by atoms with Crippen LogP contribution in [0.25, 0.3) is 0 Å². The van der Waals surface area contributed by atoms with Gasteiger partial charge in [0.2, 0.25) is 6.79 Å². The van der Waals surface area contributed by atoms with E-state index >= 15 is 0 Å². The first-order valence-electron chi connectivity index (χ1n) is 7.34. The van der Waals surface area contributed by atoms with E-state index in [2.05, 4.69) is 15.8 Å². The van der Waals surface area contributed by atoms with Gasteiger partial charge in [-0.05, 0) is 48.0 Å². The van der Waals surface area contributed by atoms with Crippen molar-refractivity contribution in [3.8, 4) is 17.2 Å². The molecule has 0 saturated heterocycles. The summed E-state index contributed by atoms with van der Waals surface area (Å²) < 4.78 is 15.5. The second kappa shape index (κ2) is 7.35. The van der Waals surface area contributed by atoms with Crippen LogP contribution in [-0.2, 0) is 9.59 Å². The smallest absolute Gasteiger partial charge is 0.329 e. The Hall–Kier alpha value is -3.55. The van der Waals surface area contributed by atoms with Crippen molar-refractivity contribution < 1.29 is 23.8 Å². The lowest BCUT2D eigenvalue weighted by atomic mass is 10.2. The van der Waals surface area contributed by atoms with E-state index in [4.69, 9.17) is 14.2 Å². The number of amides is 2. The molecule has 25 heavy (non-hydrogen) atoms. The molecule has 8 heteroatoms. The topological polar surface area (TPSA) is 98.2 Å². The Morgan fingerprint density at radius 3 is 2.60 bits per heavy atom. The van der Waals surface area contributed by atoms with Crippen molar-refractivity contribution in [3.63, 3.8) is 0 Å². The maximum absolute atomic E-state index is 11.8. The number of ether oxygens (including phenoxy) is 3. The zero-order chi connectivity index (χ0) is 17.6. The van der Waals surface area contributed by atoms with Gasteiger partial charge < -0.3 is 19.5 Å². The molecule has 0 saturated carbocycles. The standard InChI is InChI=1S/C17H15N3O5/c1-23-13-5-3-12(4-6-13)19-16(21)17(22)20-18-9-11-2-7-14-15(8-11)25-10-24-14/h2-9H,10H2,1H3,(H,19,21)(H,20,22)/b18-9+. The zero-order valence-electron chi connectivity index (χ0n) is 13.3. The third-order valence-electron chi connectivity index (χ3n) is 3.33. The predicted octanol–water partition coefficient (Wildman–Crippen LogP) is 1.51. The second-order valence-electron chi connectivity index (χ2n) is 4.99. The molecule has 0 bridgehead atoms. The quantitative estimate of drug-likeness (QED) is 0.499. The lowest BCUT2D eigenvalue weighted by Gasteiger charge is -2.05. The van der Waals surface area contributed by atoms with Crippen molar-refractivity contribution in [2.75, 3.05) is 19.2 Å². The summed E-state index contributed by atoms with van der Waals surface area (Å²) in [5, 5.41) is 6.21. The van der Waals surface area contributed by atoms with E-state index in [1.807, 2.05) is 0 Å². The molecule has 0 aliphatic carbocycles. The van der Waals surface area contributed by atoms with Gasteiger partial charge in [0.1, 0.15) is 5.75 Å². The van der Waals surface area contributed by atoms with Crippen LogP contribution in [0.15, 0.2) is 47.6 Å². The number of benzene rings is 2. The molecular formula is C17H15N3O5. The first-order chi connectivity index (χ1) is 12.2. The Morgan fingerprint density at radius 1 is 1.08 bits per heavy atom. The molecule has 0 fully saturated rings. The van der Waals surface area contributed by atoms with Crippen LogP contribution in [0.5, 0.6) is 17.2 Å². The van der Waals surface area contributed by atoms with Gasteiger partial charge in [0, 0.05) is 5.69 Å². The van der Waals surface area contributed by atoms with Crippen LogP contribution in [0.4, 0.5) is 5.69 Å². The van der Waals surface area contributed by atoms with E-state index < -0.39 is 11.8 Å². The van der Waals surface area contributed by atoms with Crippen molar-refractivity contribution in [2.24, 2.45) is 5.10 Å². The lowest BCUT2D eigenvalue weighted by molar-refractivity contribution is -0.136. The summed E-state index contributed by atoms with van der Waals surface area (Å²) in [4.78, 5) is 23.5. The number of nitrogens with zero attached hydrogens (tertiary/aromatic N) is 1. The third-order valence-corrected chi connectivity index (χ3v) is 3.33. The Balaban J connectivity index is 1.53. The number of hydrogen-bond donors (Lipinski definition) is 2. The fourth-order valence-corrected chi connectivity index (χ4v) is 2.07. The van der Waals surface area contributed by atoms with E-state index in [0.717, 1.165) is 0 Å². The van der Waals surface area contributed by atoms with Crippen molar-refractivity contribution >= 4 is 23.7 Å². The summed E-state index contributed by atoms with van der Waals surface area (Å²) in [6.45, 7) is 0.179. The van der Waals surface area contributed by atoms with Gasteiger partial charge in [0.15, 0.2) is 11.5 Å². The number of hydrazone groups is 1. The number of methoxy groups -OCH3 is 1. The minimum absolute atomic E-state index is 0.179. The highest BCUT2D eigenvalue weighted by atomic mass is 16.7. The number of rotatable bonds is 4. The maximum atomic E-state index is 11.8. The van der Waals surface area contributed by atoms with E-state index in [0.29, 0.717) is 28.5 Å². The van der Waals surface area contributed by atoms with Gasteiger partial charge in [-0.15, -0.1) is 0 Å². The fourth-order valence-electron chi connectivity index (χ4n) is 2.07. The number of fused-ring (bicyclic) bond motifs is 1. The largest absolute Gasteiger partial charge is 0.497 e. The minimum atomic E-state index is -0.882. The Labute approximate surface area is 143 Å². The highest BCUT2D eigenvalue weighted by molar-refractivity contribution is 6.39. The number of carbonyl (C=O) groups excluding carboxylic acids is 2. The molecule has 0 atom stereocenters. The Bertz CT molecular complexity index is 818. The molecule has 2 N–H and O–H groups in total. The zero-order valence-corrected chi connectivity index (χ0v) is 13.3. The molecule has 3 rings (SSSR count). The number of carbonyl (C=O) groups is 2. The average molecular weight is 341 g/mol. The highest BCUT2D eigenvalue weighted by Gasteiger charge is 2.14. The molecule has 8 nitrogen and oxygen atoms in total. The molecular weight excluding hydrogens is 326 g/mol. The van der Waals surface area contributed by atoms with Crippen LogP contribution in [0.2, 0.25) is 0 Å². The maximum Gasteiger partial charge on any atom is 0.329 e. The molecule has 2 amide bonds. The van der Waals surface area contributed by atoms with Gasteiger partial charge in [-0.3, -0.25) is 9.59 Å². The molecule has 2 aromatic rings. The summed E-state index contributed by atoms with van der Waals surface area (Å²) in [5.74, 6) is 0.198. The fraction of sp³-hybridized carbons (Fsp3) is 0.118. The molecule has 1 aliphatic heterocycles. The molecule has 0 unspecified atom stereocenters. The van der Waals surface area contributed by atoms with Gasteiger partial charge >= 0.3 is 11.8 Å². The van der Waals surface area contributed by atoms with Gasteiger partial charge in [-0.1, -0.05) is 0 Å². The summed E-state index contributed by atoms with van der Waals surface area (Å²) in [6, 6.07) is 11.8. The number of nitrogens with one attached hydrogen (secondary N) is 2. The minimum Gasteiger partial charge on any atom is -0.497 e. The van der Waals surface area contributed by atoms with Gasteiger partial charge in [0.25, 0.3) is 0 Å². The SMILES string of the molecule is COc1ccc(NC(=O)C(=O)N/N=C/c2ccc3c(c2)OCO3)cc1. The normalized spacial score (nSPS) is 12.0. The Kier molecular flexibility index (Phi) is 4.79. The van der Waals surface area contributed by atoms with Crippen LogP contribution in [0.1, 0.15) is 5.56 Å². The first-order valence-corrected chi connectivity index (χ1v) is 7.34. The molecule has 0 spiro atoms. The third kappa shape index (κ3) is 4.05. The molecule has 2 aromatic carbocycles. The van der Waals surface area contributed by atoms with Crippen LogP contribution < -0.4 is 25.0 Å². The molecule has 128 valence electrons. The molecule has 1 aliphatic rings. The predicted molar refractivity (Wildman–Crippen MR) is 89.9 cm³/mol. The monoisotopic (exact) mass is 341 g/mol.